The summed E-state index contributed by atoms with van der Waals surface area (Å²) in [5.41, 5.74) is -1.19. The molecule has 3 N–H and O–H groups in total. The van der Waals surface area contributed by atoms with Gasteiger partial charge in [0.1, 0.15) is 17.8 Å². The third-order valence-corrected chi connectivity index (χ3v) is 11.5. The molecule has 4 aliphatic rings. The van der Waals surface area contributed by atoms with Crippen molar-refractivity contribution in [2.45, 2.75) is 130 Å². The lowest BCUT2D eigenvalue weighted by Gasteiger charge is -2.54. The van der Waals surface area contributed by atoms with E-state index < -0.39 is 35.3 Å². The molecule has 0 amide bonds. The fourth-order valence-corrected chi connectivity index (χ4v) is 9.21. The molecule has 1 aliphatic heterocycles. The minimum atomic E-state index is -1.76. The summed E-state index contributed by atoms with van der Waals surface area (Å²) in [6, 6.07) is 0. The number of rotatable bonds is 7. The zero-order valence-electron chi connectivity index (χ0n) is 26.5. The molecule has 2 saturated carbocycles. The van der Waals surface area contributed by atoms with Crippen LogP contribution in [0, 0.1) is 46.8 Å². The van der Waals surface area contributed by atoms with Crippen molar-refractivity contribution in [1.82, 2.24) is 0 Å². The van der Waals surface area contributed by atoms with Crippen LogP contribution in [0.4, 0.5) is 0 Å². The normalized spacial score (nSPS) is 44.2. The first-order chi connectivity index (χ1) is 18.9. The summed E-state index contributed by atoms with van der Waals surface area (Å²) < 4.78 is 11.6. The second kappa shape index (κ2) is 11.4. The molecule has 12 atom stereocenters. The number of allylic oxidation sites excluding steroid dienone is 2. The van der Waals surface area contributed by atoms with Crippen LogP contribution in [-0.2, 0) is 19.1 Å². The molecule has 4 rings (SSSR count). The Balaban J connectivity index is 1.62. The monoisotopic (exact) mass is 574 g/mol. The van der Waals surface area contributed by atoms with Crippen molar-refractivity contribution in [3.63, 3.8) is 0 Å². The van der Waals surface area contributed by atoms with E-state index in [1.54, 1.807) is 13.8 Å². The van der Waals surface area contributed by atoms with Gasteiger partial charge in [0.2, 0.25) is 0 Å². The molecule has 7 nitrogen and oxygen atoms in total. The van der Waals surface area contributed by atoms with Gasteiger partial charge in [-0.25, -0.2) is 4.79 Å². The number of fused-ring (bicyclic) bond motifs is 3. The van der Waals surface area contributed by atoms with Crippen LogP contribution >= 0.6 is 0 Å². The Morgan fingerprint density at radius 2 is 1.90 bits per heavy atom. The molecule has 0 aromatic heterocycles. The van der Waals surface area contributed by atoms with Crippen molar-refractivity contribution >= 4 is 11.9 Å². The molecule has 0 aromatic rings. The molecule has 7 heteroatoms. The quantitative estimate of drug-likeness (QED) is 0.277. The maximum Gasteiger partial charge on any atom is 0.338 e. The van der Waals surface area contributed by atoms with Crippen LogP contribution in [0.25, 0.3) is 0 Å². The number of aliphatic hydroxyl groups is 3. The Morgan fingerprint density at radius 1 is 1.24 bits per heavy atom. The summed E-state index contributed by atoms with van der Waals surface area (Å²) in [5.74, 6) is -0.766. The van der Waals surface area contributed by atoms with Crippen molar-refractivity contribution in [1.29, 1.82) is 0 Å². The molecule has 12 unspecified atom stereocenters. The number of ether oxygens (including phenoxy) is 2. The highest BCUT2D eigenvalue weighted by Gasteiger charge is 2.62. The lowest BCUT2D eigenvalue weighted by molar-refractivity contribution is -0.209. The van der Waals surface area contributed by atoms with Crippen LogP contribution in [0.3, 0.4) is 0 Å². The third-order valence-electron chi connectivity index (χ3n) is 11.5. The lowest BCUT2D eigenvalue weighted by Crippen LogP contribution is -2.63. The van der Waals surface area contributed by atoms with Crippen molar-refractivity contribution in [2.75, 3.05) is 0 Å². The molecule has 0 radical (unpaired) electrons. The predicted molar refractivity (Wildman–Crippen MR) is 157 cm³/mol. The van der Waals surface area contributed by atoms with Crippen LogP contribution in [0.15, 0.2) is 23.8 Å². The SMILES string of the molecule is C=C1C2CC3C(C(C)C)C(OC(=O)CC(C)(O)CC(C)CC)CC3(C)CC2/C(C)=C\CC2C(C)OC(=O)C(O)C12O. The topological polar surface area (TPSA) is 113 Å². The van der Waals surface area contributed by atoms with Gasteiger partial charge in [0, 0.05) is 11.8 Å². The second-order valence-electron chi connectivity index (χ2n) is 15.0. The summed E-state index contributed by atoms with van der Waals surface area (Å²) in [6.45, 7) is 20.9. The molecule has 232 valence electrons. The van der Waals surface area contributed by atoms with Crippen molar-refractivity contribution in [2.24, 2.45) is 46.8 Å². The van der Waals surface area contributed by atoms with Gasteiger partial charge < -0.3 is 24.8 Å². The molecule has 41 heavy (non-hydrogen) atoms. The van der Waals surface area contributed by atoms with E-state index in [9.17, 15) is 24.9 Å². The van der Waals surface area contributed by atoms with Crippen molar-refractivity contribution in [3.8, 4) is 0 Å². The van der Waals surface area contributed by atoms with Crippen LogP contribution in [0.1, 0.15) is 100 Å². The number of esters is 2. The van der Waals surface area contributed by atoms with Crippen LogP contribution in [0.2, 0.25) is 0 Å². The molecule has 0 bridgehead atoms. The Hall–Kier alpha value is -1.70. The van der Waals surface area contributed by atoms with Gasteiger partial charge in [-0.2, -0.15) is 0 Å². The highest BCUT2D eigenvalue weighted by atomic mass is 16.6. The van der Waals surface area contributed by atoms with Gasteiger partial charge in [-0.3, -0.25) is 4.79 Å². The molecule has 0 spiro atoms. The first-order valence-electron chi connectivity index (χ1n) is 15.8. The first-order valence-corrected chi connectivity index (χ1v) is 15.8. The zero-order chi connectivity index (χ0) is 30.7. The van der Waals surface area contributed by atoms with Gasteiger partial charge in [-0.15, -0.1) is 0 Å². The van der Waals surface area contributed by atoms with Gasteiger partial charge in [-0.1, -0.05) is 59.3 Å². The lowest BCUT2D eigenvalue weighted by atomic mass is 9.53. The Labute approximate surface area is 246 Å². The number of carbonyl (C=O) groups is 2. The average molecular weight is 575 g/mol. The van der Waals surface area contributed by atoms with Gasteiger partial charge in [0.25, 0.3) is 0 Å². The van der Waals surface area contributed by atoms with Gasteiger partial charge in [0.15, 0.2) is 6.10 Å². The van der Waals surface area contributed by atoms with E-state index >= 15 is 0 Å². The minimum Gasteiger partial charge on any atom is -0.462 e. The molecule has 0 aromatic carbocycles. The van der Waals surface area contributed by atoms with Crippen LogP contribution < -0.4 is 0 Å². The summed E-state index contributed by atoms with van der Waals surface area (Å²) >= 11 is 0. The molecular formula is C34H54O7. The van der Waals surface area contributed by atoms with E-state index in [4.69, 9.17) is 9.47 Å². The highest BCUT2D eigenvalue weighted by molar-refractivity contribution is 5.78. The molecule has 3 aliphatic carbocycles. The Bertz CT molecular complexity index is 1060. The maximum atomic E-state index is 13.2. The molecule has 3 fully saturated rings. The number of cyclic esters (lactones) is 1. The van der Waals surface area contributed by atoms with Gasteiger partial charge >= 0.3 is 11.9 Å². The highest BCUT2D eigenvalue weighted by Crippen LogP contribution is 2.63. The summed E-state index contributed by atoms with van der Waals surface area (Å²) in [6.07, 6.45) is 3.98. The maximum absolute atomic E-state index is 13.2. The zero-order valence-corrected chi connectivity index (χ0v) is 26.5. The molecule has 1 saturated heterocycles. The van der Waals surface area contributed by atoms with Gasteiger partial charge in [-0.05, 0) is 93.5 Å². The summed E-state index contributed by atoms with van der Waals surface area (Å²) in [7, 11) is 0. The fourth-order valence-electron chi connectivity index (χ4n) is 9.21. The standard InChI is InChI=1S/C34H54O7/c1-10-19(4)14-33(9,38)17-28(35)41-27-16-32(8)15-24-20(5)11-12-25-22(7)40-31(37)30(36)34(25,39)21(6)23(24)13-26(32)29(27)18(2)3/h11,18-19,22-27,29-30,36,38-39H,6,10,12-17H2,1-5,7-9H3/b20-11-. The first kappa shape index (κ1) is 32.2. The van der Waals surface area contributed by atoms with E-state index in [2.05, 4.69) is 54.2 Å². The largest absolute Gasteiger partial charge is 0.462 e. The third kappa shape index (κ3) is 5.80. The Kier molecular flexibility index (Phi) is 8.98. The van der Waals surface area contributed by atoms with Crippen LogP contribution in [-0.4, -0.2) is 56.8 Å². The number of aliphatic hydroxyl groups excluding tert-OH is 1. The summed E-state index contributed by atoms with van der Waals surface area (Å²) in [5, 5.41) is 34.0. The second-order valence-corrected chi connectivity index (χ2v) is 15.0. The van der Waals surface area contributed by atoms with E-state index in [0.717, 1.165) is 25.7 Å². The Morgan fingerprint density at radius 3 is 2.51 bits per heavy atom. The number of hydrogen-bond donors (Lipinski definition) is 3. The van der Waals surface area contributed by atoms with E-state index in [-0.39, 0.29) is 53.5 Å². The smallest absolute Gasteiger partial charge is 0.338 e. The minimum absolute atomic E-state index is 0.0233. The summed E-state index contributed by atoms with van der Waals surface area (Å²) in [4.78, 5) is 25.8. The van der Waals surface area contributed by atoms with E-state index in [0.29, 0.717) is 24.3 Å². The van der Waals surface area contributed by atoms with E-state index in [1.807, 2.05) is 0 Å². The molecule has 1 heterocycles. The number of carbonyl (C=O) groups excluding carboxylic acids is 2. The van der Waals surface area contributed by atoms with Crippen molar-refractivity contribution in [3.05, 3.63) is 23.8 Å². The molecular weight excluding hydrogens is 520 g/mol. The number of hydrogen-bond acceptors (Lipinski definition) is 7. The van der Waals surface area contributed by atoms with Gasteiger partial charge in [0.05, 0.1) is 12.0 Å². The van der Waals surface area contributed by atoms with Crippen LogP contribution in [0.5, 0.6) is 0 Å². The van der Waals surface area contributed by atoms with Crippen molar-refractivity contribution < 1.29 is 34.4 Å². The van der Waals surface area contributed by atoms with E-state index in [1.165, 1.54) is 5.57 Å². The predicted octanol–water partition coefficient (Wildman–Crippen LogP) is 5.36. The fraction of sp³-hybridized carbons (Fsp3) is 0.824. The average Bonchev–Trinajstić information content (AvgIpc) is 3.15.